The predicted octanol–water partition coefficient (Wildman–Crippen LogP) is 3.58. The summed E-state index contributed by atoms with van der Waals surface area (Å²) in [5, 5.41) is 120. The van der Waals surface area contributed by atoms with Crippen LogP contribution in [0, 0.1) is 0 Å². The molecule has 0 aliphatic carbocycles. The minimum absolute atomic E-state index is 0.147. The van der Waals surface area contributed by atoms with Crippen molar-refractivity contribution in [3.05, 3.63) is 109 Å². The van der Waals surface area contributed by atoms with E-state index in [1.165, 1.54) is 6.42 Å². The van der Waals surface area contributed by atoms with E-state index in [1.54, 1.807) is 12.2 Å². The lowest BCUT2D eigenvalue weighted by Crippen LogP contribution is -2.66. The maximum Gasteiger partial charge on any atom is 0.220 e. The normalized spacial score (nSPS) is 31.6. The zero-order valence-electron chi connectivity index (χ0n) is 45.1. The average Bonchev–Trinajstić information content (AvgIpc) is 3.43. The standard InChI is InChI=1S/C58H93NO18/c1-3-5-7-9-11-13-14-15-16-17-18-19-20-21-22-23-24-25-26-28-30-32-34-36-46(64)59-41(42(63)35-33-31-29-27-12-10-8-6-4-2)40-72-56-52(70)49(67)54(44(38-61)74-56)77-58-53(71)50(68)55(45(39-62)75-58)76-57-51(69)48(66)47(65)43(37-60)73-57/h5,7,11-13,15-16,18-19,21-22,24-25,27-28,30,33,35,41-45,47-58,60-63,65-71H,3-4,6,8-10,14,17,20,23,26,29,31-32,34,36-40H2,1-2H3,(H,59,64)/b7-5-,13-11-,16-15-,19-18-,22-21-,25-24-,27-12+,30-28-,35-33+. The highest BCUT2D eigenvalue weighted by Gasteiger charge is 2.53. The van der Waals surface area contributed by atoms with Crippen LogP contribution in [0.2, 0.25) is 0 Å². The largest absolute Gasteiger partial charge is 0.394 e. The van der Waals surface area contributed by atoms with Gasteiger partial charge in [0.15, 0.2) is 18.9 Å². The van der Waals surface area contributed by atoms with Crippen molar-refractivity contribution in [3.63, 3.8) is 0 Å². The molecule has 3 saturated heterocycles. The summed E-state index contributed by atoms with van der Waals surface area (Å²) in [4.78, 5) is 13.2. The van der Waals surface area contributed by atoms with Crippen LogP contribution in [0.5, 0.6) is 0 Å². The van der Waals surface area contributed by atoms with Gasteiger partial charge in [0, 0.05) is 6.42 Å². The number of carbonyl (C=O) groups is 1. The van der Waals surface area contributed by atoms with E-state index in [-0.39, 0.29) is 12.3 Å². The summed E-state index contributed by atoms with van der Waals surface area (Å²) in [7, 11) is 0. The number of nitrogens with one attached hydrogen (secondary N) is 1. The third-order valence-corrected chi connectivity index (χ3v) is 13.1. The molecule has 3 rings (SSSR count). The van der Waals surface area contributed by atoms with Crippen molar-refractivity contribution >= 4 is 5.91 Å². The number of rotatable bonds is 37. The number of allylic oxidation sites excluding steroid dienone is 17. The molecule has 0 spiro atoms. The predicted molar refractivity (Wildman–Crippen MR) is 290 cm³/mol. The van der Waals surface area contributed by atoms with Gasteiger partial charge in [-0.3, -0.25) is 4.79 Å². The Labute approximate surface area is 455 Å². The van der Waals surface area contributed by atoms with Gasteiger partial charge in [-0.05, 0) is 83.5 Å². The Kier molecular flexibility index (Phi) is 35.7. The number of aliphatic hydroxyl groups is 11. The molecule has 19 heteroatoms. The zero-order chi connectivity index (χ0) is 56.2. The highest BCUT2D eigenvalue weighted by Crippen LogP contribution is 2.33. The van der Waals surface area contributed by atoms with Crippen molar-refractivity contribution in [1.82, 2.24) is 5.32 Å². The van der Waals surface area contributed by atoms with Gasteiger partial charge in [0.25, 0.3) is 0 Å². The molecule has 12 N–H and O–H groups in total. The summed E-state index contributed by atoms with van der Waals surface area (Å²) < 4.78 is 34.0. The summed E-state index contributed by atoms with van der Waals surface area (Å²) in [5.74, 6) is -0.353. The molecular weight excluding hydrogens is 999 g/mol. The van der Waals surface area contributed by atoms with Crippen LogP contribution in [0.3, 0.4) is 0 Å². The van der Waals surface area contributed by atoms with Gasteiger partial charge in [0.1, 0.15) is 73.2 Å². The maximum atomic E-state index is 13.2. The van der Waals surface area contributed by atoms with Crippen molar-refractivity contribution in [3.8, 4) is 0 Å². The van der Waals surface area contributed by atoms with Crippen LogP contribution in [-0.4, -0.2) is 193 Å². The third-order valence-electron chi connectivity index (χ3n) is 13.1. The number of unbranched alkanes of at least 4 members (excludes halogenated alkanes) is 5. The molecule has 0 radical (unpaired) electrons. The van der Waals surface area contributed by atoms with Crippen molar-refractivity contribution in [2.24, 2.45) is 0 Å². The summed E-state index contributed by atoms with van der Waals surface area (Å²) in [6, 6.07) is -1.03. The van der Waals surface area contributed by atoms with E-state index in [0.717, 1.165) is 70.6 Å². The molecule has 17 unspecified atom stereocenters. The second-order valence-electron chi connectivity index (χ2n) is 19.3. The number of hydrogen-bond acceptors (Lipinski definition) is 18. The second-order valence-corrected chi connectivity index (χ2v) is 19.3. The molecule has 19 nitrogen and oxygen atoms in total. The minimum Gasteiger partial charge on any atom is -0.394 e. The van der Waals surface area contributed by atoms with Crippen LogP contribution >= 0.6 is 0 Å². The molecule has 0 aromatic heterocycles. The lowest BCUT2D eigenvalue weighted by molar-refractivity contribution is -0.379. The molecule has 0 saturated carbocycles. The smallest absolute Gasteiger partial charge is 0.220 e. The summed E-state index contributed by atoms with van der Waals surface area (Å²) in [6.45, 7) is 1.43. The summed E-state index contributed by atoms with van der Waals surface area (Å²) >= 11 is 0. The first-order valence-electron chi connectivity index (χ1n) is 27.6. The Morgan fingerprint density at radius 1 is 0.481 bits per heavy atom. The molecule has 1 amide bonds. The molecule has 0 aromatic rings. The van der Waals surface area contributed by atoms with E-state index < -0.39 is 131 Å². The minimum atomic E-state index is -1.99. The first-order chi connectivity index (χ1) is 37.3. The van der Waals surface area contributed by atoms with Crippen molar-refractivity contribution < 1.29 is 89.4 Å². The van der Waals surface area contributed by atoms with E-state index in [0.29, 0.717) is 19.3 Å². The Morgan fingerprint density at radius 2 is 0.896 bits per heavy atom. The second kappa shape index (κ2) is 40.6. The third kappa shape index (κ3) is 25.2. The Hall–Kier alpha value is -3.55. The van der Waals surface area contributed by atoms with Gasteiger partial charge in [0.2, 0.25) is 5.91 Å². The highest BCUT2D eigenvalue weighted by molar-refractivity contribution is 5.76. The van der Waals surface area contributed by atoms with E-state index in [4.69, 9.17) is 28.4 Å². The molecule has 77 heavy (non-hydrogen) atoms. The van der Waals surface area contributed by atoms with Crippen molar-refractivity contribution in [2.45, 2.75) is 221 Å². The number of hydrogen-bond donors (Lipinski definition) is 12. The molecule has 3 aliphatic heterocycles. The SMILES string of the molecule is CC/C=C\C/C=C\C/C=C\C/C=C\C/C=C\C/C=C\C/C=C\CCCC(=O)NC(COC1OC(CO)C(OC2OC(CO)C(OC3OC(CO)C(O)C(O)C3O)C(O)C2O)C(O)C1O)C(O)/C=C/CC/C=C/CCCCC. The fourth-order valence-corrected chi connectivity index (χ4v) is 8.49. The van der Waals surface area contributed by atoms with Crippen LogP contribution in [0.1, 0.15) is 117 Å². The maximum absolute atomic E-state index is 13.2. The lowest BCUT2D eigenvalue weighted by atomic mass is 9.96. The highest BCUT2D eigenvalue weighted by atomic mass is 16.8. The molecule has 17 atom stereocenters. The average molecular weight is 1090 g/mol. The number of ether oxygens (including phenoxy) is 6. The quantitative estimate of drug-likeness (QED) is 0.0313. The van der Waals surface area contributed by atoms with Crippen LogP contribution in [-0.2, 0) is 33.2 Å². The number of amides is 1. The van der Waals surface area contributed by atoms with Crippen molar-refractivity contribution in [2.75, 3.05) is 26.4 Å². The topological polar surface area (TPSA) is 307 Å². The Balaban J connectivity index is 1.51. The van der Waals surface area contributed by atoms with Gasteiger partial charge in [0.05, 0.1) is 38.6 Å². The molecule has 3 fully saturated rings. The number of aliphatic hydroxyl groups excluding tert-OH is 11. The van der Waals surface area contributed by atoms with Gasteiger partial charge >= 0.3 is 0 Å². The van der Waals surface area contributed by atoms with Crippen LogP contribution in [0.25, 0.3) is 0 Å². The van der Waals surface area contributed by atoms with Gasteiger partial charge < -0.3 is 89.9 Å². The molecular formula is C58H93NO18. The monoisotopic (exact) mass is 1090 g/mol. The van der Waals surface area contributed by atoms with E-state index in [2.05, 4.69) is 104 Å². The van der Waals surface area contributed by atoms with Crippen LogP contribution in [0.4, 0.5) is 0 Å². The van der Waals surface area contributed by atoms with E-state index >= 15 is 0 Å². The molecule has 0 aromatic carbocycles. The lowest BCUT2D eigenvalue weighted by Gasteiger charge is -2.48. The fourth-order valence-electron chi connectivity index (χ4n) is 8.49. The first-order valence-corrected chi connectivity index (χ1v) is 27.6. The van der Waals surface area contributed by atoms with Crippen LogP contribution < -0.4 is 5.32 Å². The number of carbonyl (C=O) groups excluding carboxylic acids is 1. The molecule has 0 bridgehead atoms. The van der Waals surface area contributed by atoms with Gasteiger partial charge in [-0.15, -0.1) is 0 Å². The van der Waals surface area contributed by atoms with Gasteiger partial charge in [-0.1, -0.05) is 136 Å². The molecule has 3 heterocycles. The summed E-state index contributed by atoms with van der Waals surface area (Å²) in [5.41, 5.74) is 0. The van der Waals surface area contributed by atoms with Crippen molar-refractivity contribution in [1.29, 1.82) is 0 Å². The molecule has 3 aliphatic rings. The fraction of sp³-hybridized carbons (Fsp3) is 0.672. The zero-order valence-corrected chi connectivity index (χ0v) is 45.1. The van der Waals surface area contributed by atoms with Gasteiger partial charge in [-0.25, -0.2) is 0 Å². The van der Waals surface area contributed by atoms with E-state index in [9.17, 15) is 61.0 Å². The summed E-state index contributed by atoms with van der Waals surface area (Å²) in [6.07, 6.45) is 24.0. The van der Waals surface area contributed by atoms with Gasteiger partial charge in [-0.2, -0.15) is 0 Å². The first kappa shape index (κ1) is 67.7. The van der Waals surface area contributed by atoms with Crippen LogP contribution in [0.15, 0.2) is 109 Å². The molecule has 438 valence electrons. The Morgan fingerprint density at radius 3 is 1.40 bits per heavy atom. The van der Waals surface area contributed by atoms with E-state index in [1.807, 2.05) is 12.2 Å². The Bertz CT molecular complexity index is 1830.